The Morgan fingerprint density at radius 1 is 1.47 bits per heavy atom. The minimum atomic E-state index is -0.940. The van der Waals surface area contributed by atoms with Crippen molar-refractivity contribution in [3.63, 3.8) is 0 Å². The summed E-state index contributed by atoms with van der Waals surface area (Å²) in [5.74, 6) is 1.17. The first-order chi connectivity index (χ1) is 8.97. The van der Waals surface area contributed by atoms with Gasteiger partial charge >= 0.3 is 6.09 Å². The summed E-state index contributed by atoms with van der Waals surface area (Å²) in [7, 11) is 0. The van der Waals surface area contributed by atoms with Crippen molar-refractivity contribution in [1.29, 1.82) is 0 Å². The fraction of sp³-hybridized carbons (Fsp3) is 0.500. The Morgan fingerprint density at radius 2 is 2.16 bits per heavy atom. The van der Waals surface area contributed by atoms with Gasteiger partial charge < -0.3 is 5.11 Å². The van der Waals surface area contributed by atoms with Crippen molar-refractivity contribution in [2.45, 2.75) is 32.6 Å². The molecule has 19 heavy (non-hydrogen) atoms. The van der Waals surface area contributed by atoms with Gasteiger partial charge in [-0.25, -0.2) is 4.79 Å². The van der Waals surface area contributed by atoms with Gasteiger partial charge in [-0.2, -0.15) is 0 Å². The molecule has 0 spiro atoms. The number of carbonyl (C=O) groups is 1. The molecule has 1 amide bonds. The van der Waals surface area contributed by atoms with Gasteiger partial charge in [-0.1, -0.05) is 38.4 Å². The normalized spacial score (nSPS) is 12.5. The first-order valence-electron chi connectivity index (χ1n) is 6.36. The van der Waals surface area contributed by atoms with Crippen LogP contribution in [0.15, 0.2) is 24.3 Å². The molecule has 0 bridgehead atoms. The summed E-state index contributed by atoms with van der Waals surface area (Å²) in [5.41, 5.74) is 0.627. The largest absolute Gasteiger partial charge is 0.465 e. The van der Waals surface area contributed by atoms with E-state index in [0.29, 0.717) is 10.7 Å². The molecular formula is C14H20ClNO2S. The molecule has 0 fully saturated rings. The zero-order valence-electron chi connectivity index (χ0n) is 11.5. The lowest BCUT2D eigenvalue weighted by Gasteiger charge is -2.31. The number of halogens is 1. The second kappa shape index (κ2) is 7.65. The van der Waals surface area contributed by atoms with Gasteiger partial charge in [-0.3, -0.25) is 4.90 Å². The predicted octanol–water partition coefficient (Wildman–Crippen LogP) is 4.95. The lowest BCUT2D eigenvalue weighted by Crippen LogP contribution is -2.41. The molecular weight excluding hydrogens is 282 g/mol. The van der Waals surface area contributed by atoms with Crippen LogP contribution in [0.3, 0.4) is 0 Å². The van der Waals surface area contributed by atoms with Crippen LogP contribution in [0.4, 0.5) is 10.5 Å². The van der Waals surface area contributed by atoms with Crippen molar-refractivity contribution < 1.29 is 9.90 Å². The summed E-state index contributed by atoms with van der Waals surface area (Å²) in [6.45, 7) is 6.16. The number of hydrogen-bond donors (Lipinski definition) is 1. The molecule has 0 aliphatic rings. The van der Waals surface area contributed by atoms with Gasteiger partial charge in [0, 0.05) is 10.7 Å². The zero-order chi connectivity index (χ0) is 14.4. The molecule has 0 aliphatic heterocycles. The van der Waals surface area contributed by atoms with Crippen molar-refractivity contribution in [1.82, 2.24) is 0 Å². The molecule has 1 aromatic rings. The van der Waals surface area contributed by atoms with Crippen molar-refractivity contribution in [2.75, 3.05) is 10.7 Å². The van der Waals surface area contributed by atoms with E-state index in [1.54, 1.807) is 36.0 Å². The quantitative estimate of drug-likeness (QED) is 0.756. The third-order valence-corrected chi connectivity index (χ3v) is 4.59. The van der Waals surface area contributed by atoms with E-state index >= 15 is 0 Å². The maximum absolute atomic E-state index is 11.6. The monoisotopic (exact) mass is 301 g/mol. The van der Waals surface area contributed by atoms with Crippen LogP contribution in [0.1, 0.15) is 27.2 Å². The van der Waals surface area contributed by atoms with E-state index in [4.69, 9.17) is 11.6 Å². The lowest BCUT2D eigenvalue weighted by molar-refractivity contribution is 0.200. The molecule has 106 valence electrons. The summed E-state index contributed by atoms with van der Waals surface area (Å²) in [4.78, 5) is 13.0. The maximum atomic E-state index is 11.6. The van der Waals surface area contributed by atoms with Gasteiger partial charge in [0.05, 0.1) is 5.37 Å². The Balaban J connectivity index is 3.06. The van der Waals surface area contributed by atoms with Gasteiger partial charge in [0.15, 0.2) is 0 Å². The molecule has 0 saturated heterocycles. The van der Waals surface area contributed by atoms with Gasteiger partial charge in [-0.15, -0.1) is 11.8 Å². The molecule has 1 N–H and O–H groups in total. The van der Waals surface area contributed by atoms with Crippen molar-refractivity contribution in [2.24, 2.45) is 5.92 Å². The van der Waals surface area contributed by atoms with Crippen LogP contribution >= 0.6 is 23.4 Å². The highest BCUT2D eigenvalue weighted by molar-refractivity contribution is 8.00. The van der Waals surface area contributed by atoms with E-state index in [0.717, 1.165) is 12.2 Å². The molecule has 5 heteroatoms. The summed E-state index contributed by atoms with van der Waals surface area (Å²) in [5, 5.41) is 9.95. The highest BCUT2D eigenvalue weighted by Crippen LogP contribution is 2.30. The Labute approximate surface area is 123 Å². The number of hydrogen-bond acceptors (Lipinski definition) is 2. The fourth-order valence-electron chi connectivity index (χ4n) is 1.80. The average molecular weight is 302 g/mol. The van der Waals surface area contributed by atoms with Crippen LogP contribution in [-0.4, -0.2) is 22.3 Å². The first-order valence-corrected chi connectivity index (χ1v) is 7.79. The molecule has 0 radical (unpaired) electrons. The SMILES string of the molecule is CCCSC(C(C)C)N(C(=O)O)c1cccc(Cl)c1. The van der Waals surface area contributed by atoms with E-state index in [1.807, 2.05) is 13.8 Å². The Hall–Kier alpha value is -0.870. The molecule has 0 aromatic heterocycles. The van der Waals surface area contributed by atoms with Crippen molar-refractivity contribution in [3.8, 4) is 0 Å². The maximum Gasteiger partial charge on any atom is 0.412 e. The number of nitrogens with zero attached hydrogens (tertiary/aromatic N) is 1. The third kappa shape index (κ3) is 4.62. The summed E-state index contributed by atoms with van der Waals surface area (Å²) < 4.78 is 0. The van der Waals surface area contributed by atoms with Crippen LogP contribution in [0, 0.1) is 5.92 Å². The van der Waals surface area contributed by atoms with Gasteiger partial charge in [-0.05, 0) is 36.3 Å². The number of rotatable bonds is 6. The van der Waals surface area contributed by atoms with E-state index < -0.39 is 6.09 Å². The second-order valence-electron chi connectivity index (χ2n) is 4.64. The molecule has 0 saturated carbocycles. The standard InChI is InChI=1S/C14H20ClNO2S/c1-4-8-19-13(10(2)3)16(14(17)18)12-7-5-6-11(15)9-12/h5-7,9-10,13H,4,8H2,1-3H3,(H,17,18). The molecule has 1 unspecified atom stereocenters. The minimum absolute atomic E-state index is 0.101. The van der Waals surface area contributed by atoms with Gasteiger partial charge in [0.2, 0.25) is 0 Å². The third-order valence-electron chi connectivity index (χ3n) is 2.61. The fourth-order valence-corrected chi connectivity index (χ4v) is 3.20. The van der Waals surface area contributed by atoms with Crippen LogP contribution in [-0.2, 0) is 0 Å². The van der Waals surface area contributed by atoms with E-state index in [2.05, 4.69) is 6.92 Å². The second-order valence-corrected chi connectivity index (χ2v) is 6.30. The number of benzene rings is 1. The van der Waals surface area contributed by atoms with Crippen LogP contribution in [0.5, 0.6) is 0 Å². The minimum Gasteiger partial charge on any atom is -0.465 e. The summed E-state index contributed by atoms with van der Waals surface area (Å²) >= 11 is 7.62. The smallest absolute Gasteiger partial charge is 0.412 e. The van der Waals surface area contributed by atoms with Crippen molar-refractivity contribution in [3.05, 3.63) is 29.3 Å². The summed E-state index contributed by atoms with van der Waals surface area (Å²) in [6.07, 6.45) is 0.0845. The molecule has 0 aliphatic carbocycles. The highest BCUT2D eigenvalue weighted by Gasteiger charge is 2.27. The van der Waals surface area contributed by atoms with E-state index in [9.17, 15) is 9.90 Å². The Kier molecular flexibility index (Phi) is 6.52. The molecule has 1 rings (SSSR count). The molecule has 1 atom stereocenters. The Morgan fingerprint density at radius 3 is 2.63 bits per heavy atom. The van der Waals surface area contributed by atoms with E-state index in [1.165, 1.54) is 4.90 Å². The first kappa shape index (κ1) is 16.2. The molecule has 0 heterocycles. The van der Waals surface area contributed by atoms with Gasteiger partial charge in [0.1, 0.15) is 0 Å². The average Bonchev–Trinajstić information content (AvgIpc) is 2.33. The predicted molar refractivity (Wildman–Crippen MR) is 83.3 cm³/mol. The molecule has 3 nitrogen and oxygen atoms in total. The number of amides is 1. The zero-order valence-corrected chi connectivity index (χ0v) is 13.0. The van der Waals surface area contributed by atoms with E-state index in [-0.39, 0.29) is 11.3 Å². The topological polar surface area (TPSA) is 40.5 Å². The van der Waals surface area contributed by atoms with Crippen LogP contribution < -0.4 is 4.90 Å². The number of thioether (sulfide) groups is 1. The van der Waals surface area contributed by atoms with Crippen molar-refractivity contribution >= 4 is 35.1 Å². The number of carboxylic acid groups (broad SMARTS) is 1. The van der Waals surface area contributed by atoms with Crippen LogP contribution in [0.25, 0.3) is 0 Å². The van der Waals surface area contributed by atoms with Gasteiger partial charge in [0.25, 0.3) is 0 Å². The number of anilines is 1. The molecule has 1 aromatic carbocycles. The van der Waals surface area contributed by atoms with Crippen LogP contribution in [0.2, 0.25) is 5.02 Å². The highest BCUT2D eigenvalue weighted by atomic mass is 35.5. The Bertz CT molecular complexity index is 426. The lowest BCUT2D eigenvalue weighted by atomic mass is 10.2. The summed E-state index contributed by atoms with van der Waals surface area (Å²) in [6, 6.07) is 6.99.